The van der Waals surface area contributed by atoms with E-state index < -0.39 is 0 Å². The van der Waals surface area contributed by atoms with Gasteiger partial charge >= 0.3 is 0 Å². The number of H-pyrrole nitrogens is 1. The summed E-state index contributed by atoms with van der Waals surface area (Å²) < 4.78 is 6.36. The molecule has 3 N–H and O–H groups in total. The molecule has 1 aromatic carbocycles. The lowest BCUT2D eigenvalue weighted by atomic mass is 10.1. The summed E-state index contributed by atoms with van der Waals surface area (Å²) in [5.41, 5.74) is 6.90. The average Bonchev–Trinajstić information content (AvgIpc) is 2.96. The Morgan fingerprint density at radius 3 is 3.10 bits per heavy atom. The number of hydrogen-bond acceptors (Lipinski definition) is 5. The lowest BCUT2D eigenvalue weighted by Gasteiger charge is -2.29. The highest BCUT2D eigenvalue weighted by Gasteiger charge is 2.21. The molecule has 0 amide bonds. The Morgan fingerprint density at radius 1 is 1.48 bits per heavy atom. The fourth-order valence-corrected chi connectivity index (χ4v) is 2.91. The van der Waals surface area contributed by atoms with Gasteiger partial charge in [0.15, 0.2) is 5.82 Å². The van der Waals surface area contributed by atoms with Crippen molar-refractivity contribution in [2.75, 3.05) is 25.1 Å². The zero-order valence-electron chi connectivity index (χ0n) is 11.8. The molecule has 2 aromatic rings. The van der Waals surface area contributed by atoms with E-state index in [4.69, 9.17) is 10.5 Å². The van der Waals surface area contributed by atoms with Crippen LogP contribution in [0.5, 0.6) is 5.75 Å². The number of nitrogens with two attached hydrogens (primary N) is 1. The number of benzene rings is 1. The van der Waals surface area contributed by atoms with E-state index in [9.17, 15) is 0 Å². The SMILES string of the molecule is COc1cc(Br)ccc1-c1nc(N2CCCC(N)C2)n[nH]1. The van der Waals surface area contributed by atoms with Gasteiger partial charge in [-0.05, 0) is 31.0 Å². The first-order valence-corrected chi connectivity index (χ1v) is 7.73. The third kappa shape index (κ3) is 3.03. The van der Waals surface area contributed by atoms with E-state index in [2.05, 4.69) is 36.0 Å². The first-order chi connectivity index (χ1) is 10.2. The summed E-state index contributed by atoms with van der Waals surface area (Å²) in [6.07, 6.45) is 2.14. The second-order valence-corrected chi connectivity index (χ2v) is 6.09. The van der Waals surface area contributed by atoms with Gasteiger partial charge in [-0.25, -0.2) is 0 Å². The predicted octanol–water partition coefficient (Wildman–Crippen LogP) is 2.17. The Kier molecular flexibility index (Phi) is 4.12. The molecule has 7 heteroatoms. The van der Waals surface area contributed by atoms with Crippen molar-refractivity contribution < 1.29 is 4.74 Å². The zero-order valence-corrected chi connectivity index (χ0v) is 13.4. The molecule has 21 heavy (non-hydrogen) atoms. The fourth-order valence-electron chi connectivity index (χ4n) is 2.57. The molecule has 1 aromatic heterocycles. The van der Waals surface area contributed by atoms with E-state index in [1.807, 2.05) is 18.2 Å². The molecule has 1 atom stereocenters. The van der Waals surface area contributed by atoms with Crippen LogP contribution in [0.25, 0.3) is 11.4 Å². The second kappa shape index (κ2) is 6.03. The molecular weight excluding hydrogens is 334 g/mol. The molecule has 112 valence electrons. The van der Waals surface area contributed by atoms with E-state index in [1.165, 1.54) is 0 Å². The van der Waals surface area contributed by atoms with Crippen LogP contribution in [0.15, 0.2) is 22.7 Å². The molecule has 1 fully saturated rings. The maximum Gasteiger partial charge on any atom is 0.245 e. The van der Waals surface area contributed by atoms with Crippen LogP contribution in [-0.2, 0) is 0 Å². The molecule has 0 radical (unpaired) electrons. The van der Waals surface area contributed by atoms with Gasteiger partial charge in [0.25, 0.3) is 0 Å². The zero-order chi connectivity index (χ0) is 14.8. The molecule has 3 rings (SSSR count). The number of anilines is 1. The molecule has 0 aliphatic carbocycles. The summed E-state index contributed by atoms with van der Waals surface area (Å²) in [6.45, 7) is 1.75. The quantitative estimate of drug-likeness (QED) is 0.885. The molecule has 2 heterocycles. The highest BCUT2D eigenvalue weighted by atomic mass is 79.9. The summed E-state index contributed by atoms with van der Waals surface area (Å²) in [5, 5.41) is 7.30. The molecule has 1 saturated heterocycles. The number of aromatic amines is 1. The number of halogens is 1. The highest BCUT2D eigenvalue weighted by Crippen LogP contribution is 2.31. The number of piperidine rings is 1. The van der Waals surface area contributed by atoms with Crippen molar-refractivity contribution in [1.29, 1.82) is 0 Å². The summed E-state index contributed by atoms with van der Waals surface area (Å²) in [5.74, 6) is 2.15. The number of rotatable bonds is 3. The molecule has 1 unspecified atom stereocenters. The van der Waals surface area contributed by atoms with E-state index in [0.29, 0.717) is 11.8 Å². The van der Waals surface area contributed by atoms with Crippen LogP contribution in [0.1, 0.15) is 12.8 Å². The van der Waals surface area contributed by atoms with Gasteiger partial charge in [-0.15, -0.1) is 5.10 Å². The fraction of sp³-hybridized carbons (Fsp3) is 0.429. The van der Waals surface area contributed by atoms with Gasteiger partial charge in [0, 0.05) is 23.6 Å². The third-order valence-corrected chi connectivity index (χ3v) is 4.13. The number of methoxy groups -OCH3 is 1. The largest absolute Gasteiger partial charge is 0.496 e. The van der Waals surface area contributed by atoms with Crippen molar-refractivity contribution in [1.82, 2.24) is 15.2 Å². The van der Waals surface area contributed by atoms with Crippen molar-refractivity contribution in [2.24, 2.45) is 5.73 Å². The first-order valence-electron chi connectivity index (χ1n) is 6.94. The number of aromatic nitrogens is 3. The Morgan fingerprint density at radius 2 is 2.33 bits per heavy atom. The summed E-state index contributed by atoms with van der Waals surface area (Å²) >= 11 is 3.44. The van der Waals surface area contributed by atoms with Crippen LogP contribution in [0.2, 0.25) is 0 Å². The monoisotopic (exact) mass is 351 g/mol. The lowest BCUT2D eigenvalue weighted by Crippen LogP contribution is -2.43. The van der Waals surface area contributed by atoms with Gasteiger partial charge in [-0.1, -0.05) is 15.9 Å². The second-order valence-electron chi connectivity index (χ2n) is 5.18. The van der Waals surface area contributed by atoms with Crippen molar-refractivity contribution >= 4 is 21.9 Å². The molecule has 1 aliphatic rings. The van der Waals surface area contributed by atoms with Crippen molar-refractivity contribution in [3.05, 3.63) is 22.7 Å². The van der Waals surface area contributed by atoms with Gasteiger partial charge in [-0.2, -0.15) is 4.98 Å². The number of ether oxygens (including phenoxy) is 1. The van der Waals surface area contributed by atoms with E-state index >= 15 is 0 Å². The van der Waals surface area contributed by atoms with Crippen LogP contribution >= 0.6 is 15.9 Å². The normalized spacial score (nSPS) is 18.8. The number of hydrogen-bond donors (Lipinski definition) is 2. The molecule has 0 saturated carbocycles. The topological polar surface area (TPSA) is 80.1 Å². The van der Waals surface area contributed by atoms with Gasteiger partial charge in [0.1, 0.15) is 5.75 Å². The van der Waals surface area contributed by atoms with Crippen LogP contribution in [0.4, 0.5) is 5.95 Å². The maximum absolute atomic E-state index is 6.01. The highest BCUT2D eigenvalue weighted by molar-refractivity contribution is 9.10. The maximum atomic E-state index is 6.01. The van der Waals surface area contributed by atoms with Crippen molar-refractivity contribution in [2.45, 2.75) is 18.9 Å². The van der Waals surface area contributed by atoms with Crippen molar-refractivity contribution in [3.8, 4) is 17.1 Å². The van der Waals surface area contributed by atoms with Crippen molar-refractivity contribution in [3.63, 3.8) is 0 Å². The molecule has 0 bridgehead atoms. The van der Waals surface area contributed by atoms with E-state index in [-0.39, 0.29) is 6.04 Å². The third-order valence-electron chi connectivity index (χ3n) is 3.63. The predicted molar refractivity (Wildman–Crippen MR) is 85.5 cm³/mol. The molecule has 1 aliphatic heterocycles. The standard InChI is InChI=1S/C14H18BrN5O/c1-21-12-7-9(15)4-5-11(12)13-17-14(19-18-13)20-6-2-3-10(16)8-20/h4-5,7,10H,2-3,6,8,16H2,1H3,(H,17,18,19). The van der Waals surface area contributed by atoms with Gasteiger partial charge in [-0.3, -0.25) is 5.10 Å². The van der Waals surface area contributed by atoms with Gasteiger partial charge in [0.05, 0.1) is 12.7 Å². The Balaban J connectivity index is 1.88. The average molecular weight is 352 g/mol. The Hall–Kier alpha value is -1.60. The summed E-state index contributed by atoms with van der Waals surface area (Å²) in [4.78, 5) is 6.71. The Bertz CT molecular complexity index is 630. The van der Waals surface area contributed by atoms with Crippen LogP contribution in [-0.4, -0.2) is 41.4 Å². The minimum absolute atomic E-state index is 0.197. The van der Waals surface area contributed by atoms with Gasteiger partial charge in [0.2, 0.25) is 5.95 Å². The van der Waals surface area contributed by atoms with E-state index in [1.54, 1.807) is 7.11 Å². The van der Waals surface area contributed by atoms with Crippen LogP contribution in [0.3, 0.4) is 0 Å². The summed E-state index contributed by atoms with van der Waals surface area (Å²) in [6, 6.07) is 6.02. The molecule has 6 nitrogen and oxygen atoms in total. The molecular formula is C14H18BrN5O. The Labute approximate surface area is 131 Å². The smallest absolute Gasteiger partial charge is 0.245 e. The first kappa shape index (κ1) is 14.3. The number of nitrogens with zero attached hydrogens (tertiary/aromatic N) is 3. The van der Waals surface area contributed by atoms with Gasteiger partial charge < -0.3 is 15.4 Å². The van der Waals surface area contributed by atoms with Crippen LogP contribution < -0.4 is 15.4 Å². The molecule has 0 spiro atoms. The minimum atomic E-state index is 0.197. The summed E-state index contributed by atoms with van der Waals surface area (Å²) in [7, 11) is 1.65. The van der Waals surface area contributed by atoms with Crippen LogP contribution in [0, 0.1) is 0 Å². The number of nitrogens with one attached hydrogen (secondary N) is 1. The minimum Gasteiger partial charge on any atom is -0.496 e. The lowest BCUT2D eigenvalue weighted by molar-refractivity contribution is 0.416. The van der Waals surface area contributed by atoms with E-state index in [0.717, 1.165) is 41.7 Å².